The lowest BCUT2D eigenvalue weighted by molar-refractivity contribution is -0.151. The SMILES string of the molecule is CC(OC(=O)COc1cccc(Br)c1)c1nc2ccccc2n1C(F)F. The van der Waals surface area contributed by atoms with Gasteiger partial charge in [0.2, 0.25) is 0 Å². The molecule has 8 heteroatoms. The summed E-state index contributed by atoms with van der Waals surface area (Å²) in [6.45, 7) is -1.64. The first-order valence-corrected chi connectivity index (χ1v) is 8.58. The minimum absolute atomic E-state index is 0.0167. The third-order valence-corrected chi connectivity index (χ3v) is 4.14. The minimum atomic E-state index is -2.79. The van der Waals surface area contributed by atoms with Crippen molar-refractivity contribution in [2.24, 2.45) is 0 Å². The summed E-state index contributed by atoms with van der Waals surface area (Å²) in [6.07, 6.45) is -0.949. The van der Waals surface area contributed by atoms with Crippen LogP contribution in [0, 0.1) is 0 Å². The smallest absolute Gasteiger partial charge is 0.344 e. The largest absolute Gasteiger partial charge is 0.482 e. The van der Waals surface area contributed by atoms with E-state index in [1.165, 1.54) is 6.92 Å². The second-order valence-electron chi connectivity index (χ2n) is 5.48. The van der Waals surface area contributed by atoms with E-state index in [4.69, 9.17) is 9.47 Å². The van der Waals surface area contributed by atoms with E-state index in [0.717, 1.165) is 9.04 Å². The number of carbonyl (C=O) groups is 1. The topological polar surface area (TPSA) is 53.4 Å². The molecule has 136 valence electrons. The fourth-order valence-corrected chi connectivity index (χ4v) is 2.92. The van der Waals surface area contributed by atoms with Crippen molar-refractivity contribution in [1.29, 1.82) is 0 Å². The zero-order valence-corrected chi connectivity index (χ0v) is 15.3. The van der Waals surface area contributed by atoms with Crippen molar-refractivity contribution in [3.8, 4) is 5.75 Å². The van der Waals surface area contributed by atoms with Gasteiger partial charge in [-0.1, -0.05) is 34.1 Å². The number of para-hydroxylation sites is 2. The molecule has 0 spiro atoms. The Balaban J connectivity index is 1.71. The number of hydrogen-bond acceptors (Lipinski definition) is 4. The quantitative estimate of drug-likeness (QED) is 0.529. The maximum absolute atomic E-state index is 13.4. The number of halogens is 3. The Labute approximate surface area is 156 Å². The normalized spacial score (nSPS) is 12.3. The maximum atomic E-state index is 13.4. The molecule has 0 bridgehead atoms. The number of hydrogen-bond donors (Lipinski definition) is 0. The molecule has 0 radical (unpaired) electrons. The highest BCUT2D eigenvalue weighted by atomic mass is 79.9. The van der Waals surface area contributed by atoms with Crippen LogP contribution in [0.15, 0.2) is 53.0 Å². The number of alkyl halides is 2. The van der Waals surface area contributed by atoms with E-state index in [1.54, 1.807) is 42.5 Å². The molecule has 1 unspecified atom stereocenters. The van der Waals surface area contributed by atoms with Crippen LogP contribution in [0.25, 0.3) is 11.0 Å². The van der Waals surface area contributed by atoms with Crippen molar-refractivity contribution in [3.05, 3.63) is 58.8 Å². The number of carbonyl (C=O) groups excluding carboxylic acids is 1. The van der Waals surface area contributed by atoms with Crippen molar-refractivity contribution in [2.45, 2.75) is 19.6 Å². The number of fused-ring (bicyclic) bond motifs is 1. The predicted molar refractivity (Wildman–Crippen MR) is 95.1 cm³/mol. The van der Waals surface area contributed by atoms with Gasteiger partial charge in [0.05, 0.1) is 11.0 Å². The summed E-state index contributed by atoms with van der Waals surface area (Å²) in [7, 11) is 0. The van der Waals surface area contributed by atoms with Crippen LogP contribution >= 0.6 is 15.9 Å². The van der Waals surface area contributed by atoms with E-state index < -0.39 is 18.6 Å². The Morgan fingerprint density at radius 1 is 1.23 bits per heavy atom. The van der Waals surface area contributed by atoms with Crippen LogP contribution in [0.4, 0.5) is 8.78 Å². The highest BCUT2D eigenvalue weighted by molar-refractivity contribution is 9.10. The number of benzene rings is 2. The third-order valence-electron chi connectivity index (χ3n) is 3.64. The van der Waals surface area contributed by atoms with Crippen molar-refractivity contribution in [2.75, 3.05) is 6.61 Å². The van der Waals surface area contributed by atoms with Crippen molar-refractivity contribution in [3.63, 3.8) is 0 Å². The van der Waals surface area contributed by atoms with Gasteiger partial charge in [0.1, 0.15) is 5.75 Å². The molecule has 0 aliphatic heterocycles. The fraction of sp³-hybridized carbons (Fsp3) is 0.222. The standard InChI is InChI=1S/C18H15BrF2N2O3/c1-11(26-16(24)10-25-13-6-4-5-12(19)9-13)17-22-14-7-2-3-8-15(14)23(17)18(20)21/h2-9,11,18H,10H2,1H3. The summed E-state index contributed by atoms with van der Waals surface area (Å²) < 4.78 is 39.0. The Morgan fingerprint density at radius 2 is 2.00 bits per heavy atom. The van der Waals surface area contributed by atoms with E-state index in [2.05, 4.69) is 20.9 Å². The monoisotopic (exact) mass is 424 g/mol. The Bertz CT molecular complexity index is 930. The van der Waals surface area contributed by atoms with Gasteiger partial charge in [0.15, 0.2) is 18.5 Å². The van der Waals surface area contributed by atoms with Gasteiger partial charge in [0, 0.05) is 4.47 Å². The van der Waals surface area contributed by atoms with Crippen LogP contribution in [-0.4, -0.2) is 22.1 Å². The average molecular weight is 425 g/mol. The van der Waals surface area contributed by atoms with Gasteiger partial charge in [0.25, 0.3) is 0 Å². The van der Waals surface area contributed by atoms with Crippen LogP contribution in [-0.2, 0) is 9.53 Å². The molecular weight excluding hydrogens is 410 g/mol. The second-order valence-corrected chi connectivity index (χ2v) is 6.40. The number of imidazole rings is 1. The molecule has 0 amide bonds. The zero-order chi connectivity index (χ0) is 18.7. The van der Waals surface area contributed by atoms with Crippen molar-refractivity contribution < 1.29 is 23.0 Å². The molecule has 2 aromatic carbocycles. The van der Waals surface area contributed by atoms with Crippen LogP contribution in [0.3, 0.4) is 0 Å². The first kappa shape index (κ1) is 18.3. The summed E-state index contributed by atoms with van der Waals surface area (Å²) >= 11 is 3.30. The molecule has 0 aliphatic rings. The summed E-state index contributed by atoms with van der Waals surface area (Å²) in [5, 5.41) is 0. The van der Waals surface area contributed by atoms with Gasteiger partial charge in [-0.3, -0.25) is 4.57 Å². The first-order chi connectivity index (χ1) is 12.5. The van der Waals surface area contributed by atoms with Gasteiger partial charge in [-0.05, 0) is 37.3 Å². The average Bonchev–Trinajstić information content (AvgIpc) is 3.00. The maximum Gasteiger partial charge on any atom is 0.344 e. The number of esters is 1. The Kier molecular flexibility index (Phi) is 5.51. The Hall–Kier alpha value is -2.48. The summed E-state index contributed by atoms with van der Waals surface area (Å²) in [6, 6.07) is 13.5. The number of nitrogens with zero attached hydrogens (tertiary/aromatic N) is 2. The lowest BCUT2D eigenvalue weighted by Crippen LogP contribution is -2.19. The summed E-state index contributed by atoms with van der Waals surface area (Å²) in [5.74, 6) is -0.203. The van der Waals surface area contributed by atoms with E-state index >= 15 is 0 Å². The zero-order valence-electron chi connectivity index (χ0n) is 13.7. The van der Waals surface area contributed by atoms with Gasteiger partial charge >= 0.3 is 12.5 Å². The molecule has 1 heterocycles. The van der Waals surface area contributed by atoms with E-state index in [0.29, 0.717) is 11.3 Å². The molecule has 5 nitrogen and oxygen atoms in total. The lowest BCUT2D eigenvalue weighted by Gasteiger charge is -2.15. The molecule has 0 saturated heterocycles. The van der Waals surface area contributed by atoms with Gasteiger partial charge in [-0.2, -0.15) is 8.78 Å². The van der Waals surface area contributed by atoms with Gasteiger partial charge in [-0.15, -0.1) is 0 Å². The van der Waals surface area contributed by atoms with Crippen molar-refractivity contribution in [1.82, 2.24) is 9.55 Å². The highest BCUT2D eigenvalue weighted by Gasteiger charge is 2.24. The van der Waals surface area contributed by atoms with Crippen molar-refractivity contribution >= 4 is 32.9 Å². The van der Waals surface area contributed by atoms with E-state index in [1.807, 2.05) is 6.07 Å². The molecule has 26 heavy (non-hydrogen) atoms. The highest BCUT2D eigenvalue weighted by Crippen LogP contribution is 2.28. The van der Waals surface area contributed by atoms with Crippen LogP contribution < -0.4 is 4.74 Å². The summed E-state index contributed by atoms with van der Waals surface area (Å²) in [5.41, 5.74) is 0.696. The van der Waals surface area contributed by atoms with Crippen LogP contribution in [0.2, 0.25) is 0 Å². The molecule has 0 aliphatic carbocycles. The fourth-order valence-electron chi connectivity index (χ4n) is 2.54. The molecule has 3 rings (SSSR count). The van der Waals surface area contributed by atoms with E-state index in [-0.39, 0.29) is 17.9 Å². The number of rotatable bonds is 6. The Morgan fingerprint density at radius 3 is 2.73 bits per heavy atom. The third kappa shape index (κ3) is 4.01. The number of ether oxygens (including phenoxy) is 2. The molecule has 1 atom stereocenters. The van der Waals surface area contributed by atoms with Crippen LogP contribution in [0.1, 0.15) is 25.4 Å². The minimum Gasteiger partial charge on any atom is -0.482 e. The molecular formula is C18H15BrF2N2O3. The molecule has 0 N–H and O–H groups in total. The summed E-state index contributed by atoms with van der Waals surface area (Å²) in [4.78, 5) is 16.2. The molecule has 0 saturated carbocycles. The predicted octanol–water partition coefficient (Wildman–Crippen LogP) is 4.88. The molecule has 0 fully saturated rings. The number of aromatic nitrogens is 2. The lowest BCUT2D eigenvalue weighted by atomic mass is 10.3. The van der Waals surface area contributed by atoms with Crippen LogP contribution in [0.5, 0.6) is 5.75 Å². The molecule has 3 aromatic rings. The van der Waals surface area contributed by atoms with Gasteiger partial charge < -0.3 is 9.47 Å². The molecule has 1 aromatic heterocycles. The van der Waals surface area contributed by atoms with Gasteiger partial charge in [-0.25, -0.2) is 9.78 Å². The second kappa shape index (κ2) is 7.82. The first-order valence-electron chi connectivity index (χ1n) is 7.78. The van der Waals surface area contributed by atoms with E-state index in [9.17, 15) is 13.6 Å².